The molecule has 3 heteroatoms. The number of thioether (sulfide) groups is 1. The third-order valence-corrected chi connectivity index (χ3v) is 4.74. The van der Waals surface area contributed by atoms with Crippen LogP contribution in [0.15, 0.2) is 41.0 Å². The van der Waals surface area contributed by atoms with E-state index in [-0.39, 0.29) is 5.41 Å². The minimum absolute atomic E-state index is 0.0665. The second-order valence-electron chi connectivity index (χ2n) is 5.30. The van der Waals surface area contributed by atoms with Gasteiger partial charge in [-0.15, -0.1) is 11.8 Å². The number of hydrogen-bond donors (Lipinski definition) is 0. The Labute approximate surface area is 113 Å². The summed E-state index contributed by atoms with van der Waals surface area (Å²) in [5, 5.41) is 1.18. The predicted octanol–water partition coefficient (Wildman–Crippen LogP) is 3.44. The molecule has 3 rings (SSSR count). The maximum Gasteiger partial charge on any atom is 0.0923 e. The Morgan fingerprint density at radius 2 is 2.11 bits per heavy atom. The van der Waals surface area contributed by atoms with Gasteiger partial charge in [-0.2, -0.15) is 0 Å². The number of hydrogen-bond acceptors (Lipinski definition) is 3. The third-order valence-electron chi connectivity index (χ3n) is 3.81. The number of rotatable bonds is 1. The highest BCUT2D eigenvalue weighted by Crippen LogP contribution is 2.46. The van der Waals surface area contributed by atoms with E-state index in [1.165, 1.54) is 22.0 Å². The van der Waals surface area contributed by atoms with Crippen molar-refractivity contribution in [3.8, 4) is 0 Å². The zero-order chi connectivity index (χ0) is 12.8. The molecule has 0 bridgehead atoms. The van der Waals surface area contributed by atoms with Crippen LogP contribution in [-0.2, 0) is 5.41 Å². The molecule has 2 nitrogen and oxygen atoms in total. The smallest absolute Gasteiger partial charge is 0.0923 e. The highest BCUT2D eigenvalue weighted by molar-refractivity contribution is 8.14. The summed E-state index contributed by atoms with van der Waals surface area (Å²) in [6.45, 7) is 5.55. The molecule has 0 saturated carbocycles. The van der Waals surface area contributed by atoms with E-state index >= 15 is 0 Å². The van der Waals surface area contributed by atoms with Crippen molar-refractivity contribution in [2.24, 2.45) is 4.99 Å². The number of nitrogens with zero attached hydrogens (tertiary/aromatic N) is 2. The Hall–Kier alpha value is -1.22. The molecule has 1 aromatic rings. The van der Waals surface area contributed by atoms with Gasteiger partial charge in [-0.25, -0.2) is 0 Å². The minimum Gasteiger partial charge on any atom is -0.347 e. The molecule has 0 aromatic heterocycles. The van der Waals surface area contributed by atoms with Crippen LogP contribution in [0.3, 0.4) is 0 Å². The summed E-state index contributed by atoms with van der Waals surface area (Å²) in [5.41, 5.74) is 4.13. The number of aliphatic imine (C=N–C) groups is 1. The standard InChI is InChI=1S/C15H18N2S/c1-15(2)11-6-4-5-7-12(11)17(3)13(15)10-14-16-8-9-18-14/h4-7,10H,8-9H2,1-3H3. The first-order valence-electron chi connectivity index (χ1n) is 6.33. The van der Waals surface area contributed by atoms with E-state index in [1.54, 1.807) is 0 Å². The van der Waals surface area contributed by atoms with E-state index in [1.807, 2.05) is 11.8 Å². The van der Waals surface area contributed by atoms with Gasteiger partial charge in [0, 0.05) is 36.1 Å². The lowest BCUT2D eigenvalue weighted by molar-refractivity contribution is 0.641. The van der Waals surface area contributed by atoms with Gasteiger partial charge in [-0.05, 0) is 17.7 Å². The minimum atomic E-state index is 0.0665. The maximum atomic E-state index is 4.54. The number of likely N-dealkylation sites (N-methyl/N-ethyl adjacent to an activating group) is 1. The molecular formula is C15H18N2S. The fourth-order valence-corrected chi connectivity index (χ4v) is 3.58. The number of anilines is 1. The summed E-state index contributed by atoms with van der Waals surface area (Å²) in [6.07, 6.45) is 2.26. The quantitative estimate of drug-likeness (QED) is 0.767. The summed E-state index contributed by atoms with van der Waals surface area (Å²) < 4.78 is 0. The van der Waals surface area contributed by atoms with Crippen molar-refractivity contribution in [3.63, 3.8) is 0 Å². The number of fused-ring (bicyclic) bond motifs is 1. The topological polar surface area (TPSA) is 15.6 Å². The second-order valence-corrected chi connectivity index (χ2v) is 6.41. The van der Waals surface area contributed by atoms with Crippen molar-refractivity contribution in [3.05, 3.63) is 41.6 Å². The zero-order valence-electron chi connectivity index (χ0n) is 11.1. The van der Waals surface area contributed by atoms with Crippen LogP contribution in [0.4, 0.5) is 5.69 Å². The third kappa shape index (κ3) is 1.69. The number of allylic oxidation sites excluding steroid dienone is 1. The molecule has 94 valence electrons. The first-order valence-corrected chi connectivity index (χ1v) is 7.32. The zero-order valence-corrected chi connectivity index (χ0v) is 11.9. The van der Waals surface area contributed by atoms with Crippen LogP contribution in [0.25, 0.3) is 0 Å². The van der Waals surface area contributed by atoms with Crippen molar-refractivity contribution >= 4 is 22.5 Å². The van der Waals surface area contributed by atoms with Gasteiger partial charge in [0.2, 0.25) is 0 Å². The Balaban J connectivity index is 2.08. The first kappa shape index (κ1) is 11.8. The van der Waals surface area contributed by atoms with Crippen LogP contribution in [0.1, 0.15) is 19.4 Å². The summed E-state index contributed by atoms with van der Waals surface area (Å²) in [7, 11) is 2.15. The van der Waals surface area contributed by atoms with Crippen LogP contribution in [0.5, 0.6) is 0 Å². The van der Waals surface area contributed by atoms with Gasteiger partial charge in [-0.3, -0.25) is 4.99 Å². The molecule has 0 amide bonds. The van der Waals surface area contributed by atoms with E-state index in [2.05, 4.69) is 61.1 Å². The summed E-state index contributed by atoms with van der Waals surface area (Å²) in [6, 6.07) is 8.66. The molecule has 0 radical (unpaired) electrons. The number of para-hydroxylation sites is 1. The predicted molar refractivity (Wildman–Crippen MR) is 80.7 cm³/mol. The lowest BCUT2D eigenvalue weighted by Gasteiger charge is -2.24. The Kier molecular flexibility index (Phi) is 2.74. The summed E-state index contributed by atoms with van der Waals surface area (Å²) >= 11 is 1.86. The molecule has 0 saturated heterocycles. The van der Waals surface area contributed by atoms with E-state index in [0.29, 0.717) is 0 Å². The highest BCUT2D eigenvalue weighted by atomic mass is 32.2. The van der Waals surface area contributed by atoms with Crippen LogP contribution in [0.2, 0.25) is 0 Å². The summed E-state index contributed by atoms with van der Waals surface area (Å²) in [4.78, 5) is 6.84. The molecule has 0 atom stereocenters. The van der Waals surface area contributed by atoms with Gasteiger partial charge in [-0.1, -0.05) is 32.0 Å². The molecule has 2 heterocycles. The fourth-order valence-electron chi connectivity index (χ4n) is 2.81. The molecular weight excluding hydrogens is 240 g/mol. The van der Waals surface area contributed by atoms with E-state index in [4.69, 9.17) is 0 Å². The van der Waals surface area contributed by atoms with Gasteiger partial charge < -0.3 is 4.90 Å². The molecule has 0 N–H and O–H groups in total. The fraction of sp³-hybridized carbons (Fsp3) is 0.400. The molecule has 0 fully saturated rings. The molecule has 18 heavy (non-hydrogen) atoms. The van der Waals surface area contributed by atoms with Crippen LogP contribution < -0.4 is 4.90 Å². The van der Waals surface area contributed by atoms with Gasteiger partial charge in [0.1, 0.15) is 0 Å². The Morgan fingerprint density at radius 1 is 1.33 bits per heavy atom. The van der Waals surface area contributed by atoms with Crippen molar-refractivity contribution < 1.29 is 0 Å². The largest absolute Gasteiger partial charge is 0.347 e. The van der Waals surface area contributed by atoms with Crippen molar-refractivity contribution in [1.82, 2.24) is 0 Å². The molecule has 2 aliphatic heterocycles. The normalized spacial score (nSPS) is 23.4. The van der Waals surface area contributed by atoms with Gasteiger partial charge in [0.05, 0.1) is 5.04 Å². The maximum absolute atomic E-state index is 4.54. The van der Waals surface area contributed by atoms with Crippen LogP contribution in [-0.4, -0.2) is 24.4 Å². The van der Waals surface area contributed by atoms with E-state index < -0.39 is 0 Å². The summed E-state index contributed by atoms with van der Waals surface area (Å²) in [5.74, 6) is 1.12. The molecule has 0 spiro atoms. The lowest BCUT2D eigenvalue weighted by atomic mass is 9.84. The van der Waals surface area contributed by atoms with Gasteiger partial charge >= 0.3 is 0 Å². The Bertz CT molecular complexity index is 543. The molecule has 0 unspecified atom stereocenters. The van der Waals surface area contributed by atoms with Crippen molar-refractivity contribution in [2.75, 3.05) is 24.2 Å². The number of benzene rings is 1. The van der Waals surface area contributed by atoms with Crippen molar-refractivity contribution in [2.45, 2.75) is 19.3 Å². The highest BCUT2D eigenvalue weighted by Gasteiger charge is 2.38. The monoisotopic (exact) mass is 258 g/mol. The SMILES string of the molecule is CN1C(=CC2=NCCS2)C(C)(C)c2ccccc21. The molecule has 1 aromatic carbocycles. The van der Waals surface area contributed by atoms with E-state index in [0.717, 1.165) is 12.3 Å². The molecule has 0 aliphatic carbocycles. The second kappa shape index (κ2) is 4.16. The first-order chi connectivity index (χ1) is 8.60. The van der Waals surface area contributed by atoms with Gasteiger partial charge in [0.25, 0.3) is 0 Å². The van der Waals surface area contributed by atoms with E-state index in [9.17, 15) is 0 Å². The van der Waals surface area contributed by atoms with Crippen LogP contribution >= 0.6 is 11.8 Å². The van der Waals surface area contributed by atoms with Gasteiger partial charge in [0.15, 0.2) is 0 Å². The lowest BCUT2D eigenvalue weighted by Crippen LogP contribution is -2.23. The average molecular weight is 258 g/mol. The van der Waals surface area contributed by atoms with Crippen LogP contribution in [0, 0.1) is 0 Å². The molecule has 2 aliphatic rings. The van der Waals surface area contributed by atoms with Crippen molar-refractivity contribution in [1.29, 1.82) is 0 Å². The Morgan fingerprint density at radius 3 is 2.78 bits per heavy atom. The average Bonchev–Trinajstić information content (AvgIpc) is 2.93.